The lowest BCUT2D eigenvalue weighted by atomic mass is 10.1. The molecule has 0 aliphatic rings. The number of aryl methyl sites for hydroxylation is 1. The smallest absolute Gasteiger partial charge is 0.0205 e. The summed E-state index contributed by atoms with van der Waals surface area (Å²) in [5.74, 6) is 0. The maximum Gasteiger partial charge on any atom is 0.0205 e. The second-order valence-electron chi connectivity index (χ2n) is 3.59. The van der Waals surface area contributed by atoms with E-state index in [0.717, 1.165) is 19.5 Å². The van der Waals surface area contributed by atoms with E-state index < -0.39 is 0 Å². The van der Waals surface area contributed by atoms with Gasteiger partial charge in [0, 0.05) is 6.54 Å². The third kappa shape index (κ3) is 4.24. The minimum Gasteiger partial charge on any atom is -0.313 e. The first-order chi connectivity index (χ1) is 6.83. The lowest BCUT2D eigenvalue weighted by Crippen LogP contribution is -2.14. The first kappa shape index (κ1) is 11.0. The van der Waals surface area contributed by atoms with Gasteiger partial charge in [0.15, 0.2) is 0 Å². The average molecular weight is 189 g/mol. The van der Waals surface area contributed by atoms with Gasteiger partial charge in [0.05, 0.1) is 0 Å². The molecule has 1 heteroatoms. The van der Waals surface area contributed by atoms with Crippen molar-refractivity contribution < 1.29 is 0 Å². The number of unbranched alkanes of at least 4 members (excludes halogenated alkanes) is 1. The number of hydrogen-bond acceptors (Lipinski definition) is 1. The molecule has 14 heavy (non-hydrogen) atoms. The molecule has 0 aromatic heterocycles. The van der Waals surface area contributed by atoms with E-state index in [-0.39, 0.29) is 0 Å². The Morgan fingerprint density at radius 3 is 2.64 bits per heavy atom. The maximum absolute atomic E-state index is 3.70. The summed E-state index contributed by atoms with van der Waals surface area (Å²) >= 11 is 0. The van der Waals surface area contributed by atoms with Crippen molar-refractivity contribution in [1.82, 2.24) is 5.32 Å². The number of benzene rings is 1. The Balaban J connectivity index is 2.18. The molecule has 0 unspecified atom stereocenters. The molecule has 76 valence electrons. The number of rotatable bonds is 6. The van der Waals surface area contributed by atoms with Gasteiger partial charge in [-0.3, -0.25) is 0 Å². The summed E-state index contributed by atoms with van der Waals surface area (Å²) in [7, 11) is 0. The molecule has 0 atom stereocenters. The van der Waals surface area contributed by atoms with Gasteiger partial charge in [0.25, 0.3) is 0 Å². The largest absolute Gasteiger partial charge is 0.313 e. The first-order valence-corrected chi connectivity index (χ1v) is 5.20. The van der Waals surface area contributed by atoms with E-state index >= 15 is 0 Å². The van der Waals surface area contributed by atoms with Gasteiger partial charge in [-0.1, -0.05) is 35.9 Å². The van der Waals surface area contributed by atoms with Gasteiger partial charge in [-0.25, -0.2) is 0 Å². The predicted octanol–water partition coefficient (Wildman–Crippen LogP) is 3.05. The molecule has 0 radical (unpaired) electrons. The third-order valence-electron chi connectivity index (χ3n) is 2.21. The van der Waals surface area contributed by atoms with Crippen molar-refractivity contribution in [2.75, 3.05) is 6.54 Å². The molecule has 0 saturated heterocycles. The monoisotopic (exact) mass is 189 g/mol. The molecule has 0 aliphatic carbocycles. The summed E-state index contributed by atoms with van der Waals surface area (Å²) in [5, 5.41) is 3.41. The third-order valence-corrected chi connectivity index (χ3v) is 2.21. The molecule has 0 heterocycles. The summed E-state index contributed by atoms with van der Waals surface area (Å²) in [6.45, 7) is 7.85. The van der Waals surface area contributed by atoms with Crippen LogP contribution in [0, 0.1) is 6.92 Å². The van der Waals surface area contributed by atoms with E-state index in [2.05, 4.69) is 43.1 Å². The van der Waals surface area contributed by atoms with Crippen molar-refractivity contribution in [2.24, 2.45) is 0 Å². The van der Waals surface area contributed by atoms with Crippen molar-refractivity contribution in [1.29, 1.82) is 0 Å². The van der Waals surface area contributed by atoms with Gasteiger partial charge < -0.3 is 5.32 Å². The molecule has 1 aromatic carbocycles. The molecule has 0 bridgehead atoms. The fourth-order valence-electron chi connectivity index (χ4n) is 1.31. The number of hydrogen-bond donors (Lipinski definition) is 1. The molecular weight excluding hydrogens is 170 g/mol. The second kappa shape index (κ2) is 6.39. The van der Waals surface area contributed by atoms with Crippen molar-refractivity contribution in [3.05, 3.63) is 48.0 Å². The minimum atomic E-state index is 0.970. The van der Waals surface area contributed by atoms with Gasteiger partial charge >= 0.3 is 0 Å². The van der Waals surface area contributed by atoms with Crippen LogP contribution in [0.5, 0.6) is 0 Å². The van der Waals surface area contributed by atoms with Crippen molar-refractivity contribution >= 4 is 0 Å². The number of nitrogens with one attached hydrogen (secondary N) is 1. The van der Waals surface area contributed by atoms with E-state index in [9.17, 15) is 0 Å². The Hall–Kier alpha value is -1.08. The van der Waals surface area contributed by atoms with Crippen LogP contribution in [-0.4, -0.2) is 6.54 Å². The molecule has 0 spiro atoms. The summed E-state index contributed by atoms with van der Waals surface area (Å²) in [6.07, 6.45) is 4.24. The van der Waals surface area contributed by atoms with Crippen LogP contribution in [0.25, 0.3) is 0 Å². The normalized spacial score (nSPS) is 10.1. The van der Waals surface area contributed by atoms with Crippen LogP contribution in [-0.2, 0) is 6.54 Å². The van der Waals surface area contributed by atoms with Gasteiger partial charge in [0.1, 0.15) is 0 Å². The van der Waals surface area contributed by atoms with E-state index in [4.69, 9.17) is 0 Å². The lowest BCUT2D eigenvalue weighted by molar-refractivity contribution is 0.655. The predicted molar refractivity (Wildman–Crippen MR) is 62.3 cm³/mol. The van der Waals surface area contributed by atoms with E-state index in [1.54, 1.807) is 0 Å². The Morgan fingerprint density at radius 1 is 1.29 bits per heavy atom. The zero-order valence-electron chi connectivity index (χ0n) is 8.92. The van der Waals surface area contributed by atoms with Crippen molar-refractivity contribution in [2.45, 2.75) is 26.3 Å². The van der Waals surface area contributed by atoms with Crippen LogP contribution in [0.4, 0.5) is 0 Å². The summed E-state index contributed by atoms with van der Waals surface area (Å²) in [6, 6.07) is 8.66. The quantitative estimate of drug-likeness (QED) is 0.535. The SMILES string of the molecule is C=CCCCNCc1ccc(C)cc1. The minimum absolute atomic E-state index is 0.970. The fourth-order valence-corrected chi connectivity index (χ4v) is 1.31. The van der Waals surface area contributed by atoms with Crippen LogP contribution >= 0.6 is 0 Å². The highest BCUT2D eigenvalue weighted by Gasteiger charge is 1.91. The molecule has 0 fully saturated rings. The highest BCUT2D eigenvalue weighted by molar-refractivity contribution is 5.20. The van der Waals surface area contributed by atoms with Gasteiger partial charge in [0.2, 0.25) is 0 Å². The summed E-state index contributed by atoms with van der Waals surface area (Å²) < 4.78 is 0. The lowest BCUT2D eigenvalue weighted by Gasteiger charge is -2.04. The molecular formula is C13H19N. The zero-order chi connectivity index (χ0) is 10.2. The first-order valence-electron chi connectivity index (χ1n) is 5.20. The second-order valence-corrected chi connectivity index (χ2v) is 3.59. The average Bonchev–Trinajstić information content (AvgIpc) is 2.21. The maximum atomic E-state index is 3.70. The molecule has 1 aromatic rings. The summed E-state index contributed by atoms with van der Waals surface area (Å²) in [5.41, 5.74) is 2.68. The highest BCUT2D eigenvalue weighted by Crippen LogP contribution is 2.02. The topological polar surface area (TPSA) is 12.0 Å². The van der Waals surface area contributed by atoms with Gasteiger partial charge in [-0.05, 0) is 31.9 Å². The van der Waals surface area contributed by atoms with Crippen LogP contribution in [0.2, 0.25) is 0 Å². The fraction of sp³-hybridized carbons (Fsp3) is 0.385. The Bertz CT molecular complexity index is 261. The molecule has 1 nitrogen and oxygen atoms in total. The molecule has 0 saturated carbocycles. The van der Waals surface area contributed by atoms with Crippen LogP contribution < -0.4 is 5.32 Å². The zero-order valence-corrected chi connectivity index (χ0v) is 8.92. The summed E-state index contributed by atoms with van der Waals surface area (Å²) in [4.78, 5) is 0. The Morgan fingerprint density at radius 2 is 2.00 bits per heavy atom. The van der Waals surface area contributed by atoms with Crippen molar-refractivity contribution in [3.63, 3.8) is 0 Å². The van der Waals surface area contributed by atoms with Gasteiger partial charge in [-0.15, -0.1) is 6.58 Å². The van der Waals surface area contributed by atoms with Crippen LogP contribution in [0.1, 0.15) is 24.0 Å². The Kier molecular flexibility index (Phi) is 5.02. The van der Waals surface area contributed by atoms with Crippen LogP contribution in [0.15, 0.2) is 36.9 Å². The molecule has 0 amide bonds. The molecule has 1 N–H and O–H groups in total. The molecule has 0 aliphatic heterocycles. The molecule has 1 rings (SSSR count). The standard InChI is InChI=1S/C13H19N/c1-3-4-5-10-14-11-13-8-6-12(2)7-9-13/h3,6-9,14H,1,4-5,10-11H2,2H3. The highest BCUT2D eigenvalue weighted by atomic mass is 14.8. The van der Waals surface area contributed by atoms with E-state index in [1.165, 1.54) is 17.5 Å². The van der Waals surface area contributed by atoms with E-state index in [0.29, 0.717) is 0 Å². The van der Waals surface area contributed by atoms with Crippen LogP contribution in [0.3, 0.4) is 0 Å². The Labute approximate surface area is 86.8 Å². The van der Waals surface area contributed by atoms with Crippen molar-refractivity contribution in [3.8, 4) is 0 Å². The number of allylic oxidation sites excluding steroid dienone is 1. The van der Waals surface area contributed by atoms with E-state index in [1.807, 2.05) is 6.08 Å². The van der Waals surface area contributed by atoms with Gasteiger partial charge in [-0.2, -0.15) is 0 Å².